The number of aromatic nitrogens is 1. The highest BCUT2D eigenvalue weighted by Gasteiger charge is 2.15. The van der Waals surface area contributed by atoms with Gasteiger partial charge in [-0.25, -0.2) is 0 Å². The van der Waals surface area contributed by atoms with E-state index in [4.69, 9.17) is 0 Å². The Morgan fingerprint density at radius 2 is 2.04 bits per heavy atom. The zero-order valence-corrected chi connectivity index (χ0v) is 13.3. The van der Waals surface area contributed by atoms with Crippen molar-refractivity contribution in [2.75, 3.05) is 18.4 Å². The minimum atomic E-state index is -0.0783. The monoisotopic (exact) mass is 307 g/mol. The zero-order valence-electron chi connectivity index (χ0n) is 13.3. The fourth-order valence-electron chi connectivity index (χ4n) is 2.83. The summed E-state index contributed by atoms with van der Waals surface area (Å²) in [5, 5.41) is 2.75. The van der Waals surface area contributed by atoms with E-state index < -0.39 is 0 Å². The van der Waals surface area contributed by atoms with Crippen LogP contribution in [0.5, 0.6) is 0 Å². The second kappa shape index (κ2) is 7.20. The number of pyridine rings is 1. The van der Waals surface area contributed by atoms with E-state index >= 15 is 0 Å². The number of hydrogen-bond acceptors (Lipinski definition) is 3. The van der Waals surface area contributed by atoms with Gasteiger partial charge in [0.05, 0.1) is 17.6 Å². The van der Waals surface area contributed by atoms with Crippen molar-refractivity contribution in [2.24, 2.45) is 0 Å². The summed E-state index contributed by atoms with van der Waals surface area (Å²) in [6, 6.07) is 14.4. The van der Waals surface area contributed by atoms with Gasteiger partial charge in [-0.1, -0.05) is 36.4 Å². The lowest BCUT2D eigenvalue weighted by Gasteiger charge is -2.27. The Hall–Kier alpha value is -2.46. The normalized spacial score (nSPS) is 15.1. The van der Waals surface area contributed by atoms with E-state index in [9.17, 15) is 4.79 Å². The van der Waals surface area contributed by atoms with Gasteiger partial charge in [0.1, 0.15) is 0 Å². The maximum Gasteiger partial charge on any atom is 0.221 e. The Balaban J connectivity index is 1.66. The summed E-state index contributed by atoms with van der Waals surface area (Å²) in [6.07, 6.45) is 5.02. The fraction of sp³-hybridized carbons (Fsp3) is 0.263. The van der Waals surface area contributed by atoms with E-state index in [-0.39, 0.29) is 5.91 Å². The molecular formula is C19H21N3O. The number of nitrogens with one attached hydrogen (secondary N) is 1. The van der Waals surface area contributed by atoms with Crippen molar-refractivity contribution in [3.8, 4) is 0 Å². The molecule has 0 bridgehead atoms. The van der Waals surface area contributed by atoms with E-state index in [1.807, 2.05) is 18.2 Å². The maximum absolute atomic E-state index is 11.1. The Labute approximate surface area is 136 Å². The standard InChI is InChI=1S/C19H21N3O/c1-15(23)21-18-9-10-19(20-12-18)17-8-5-11-22(14-17)13-16-6-3-2-4-7-16/h2-4,6-10,12H,5,11,13-14H2,1H3,(H,21,23). The smallest absolute Gasteiger partial charge is 0.221 e. The van der Waals surface area contributed by atoms with E-state index in [1.165, 1.54) is 18.1 Å². The van der Waals surface area contributed by atoms with Gasteiger partial charge in [0.15, 0.2) is 0 Å². The lowest BCUT2D eigenvalue weighted by Crippen LogP contribution is -2.29. The van der Waals surface area contributed by atoms with Crippen molar-refractivity contribution in [2.45, 2.75) is 19.9 Å². The Bertz CT molecular complexity index is 692. The van der Waals surface area contributed by atoms with Gasteiger partial charge >= 0.3 is 0 Å². The molecule has 0 unspecified atom stereocenters. The second-order valence-electron chi connectivity index (χ2n) is 5.83. The summed E-state index contributed by atoms with van der Waals surface area (Å²) in [6.45, 7) is 4.44. The van der Waals surface area contributed by atoms with Crippen molar-refractivity contribution >= 4 is 17.2 Å². The summed E-state index contributed by atoms with van der Waals surface area (Å²) in [4.78, 5) is 18.0. The topological polar surface area (TPSA) is 45.2 Å². The molecule has 1 aliphatic heterocycles. The molecule has 0 fully saturated rings. The summed E-state index contributed by atoms with van der Waals surface area (Å²) < 4.78 is 0. The van der Waals surface area contributed by atoms with Gasteiger partial charge in [-0.15, -0.1) is 0 Å². The number of anilines is 1. The van der Waals surface area contributed by atoms with Gasteiger partial charge in [0, 0.05) is 26.6 Å². The van der Waals surface area contributed by atoms with Crippen molar-refractivity contribution < 1.29 is 4.79 Å². The molecule has 2 aromatic rings. The van der Waals surface area contributed by atoms with E-state index in [1.54, 1.807) is 6.20 Å². The van der Waals surface area contributed by atoms with Gasteiger partial charge in [-0.2, -0.15) is 0 Å². The highest BCUT2D eigenvalue weighted by molar-refractivity contribution is 5.88. The number of carbonyl (C=O) groups is 1. The van der Waals surface area contributed by atoms with Crippen molar-refractivity contribution in [3.05, 3.63) is 66.0 Å². The Kier molecular flexibility index (Phi) is 4.83. The van der Waals surface area contributed by atoms with Gasteiger partial charge in [-0.05, 0) is 29.7 Å². The Morgan fingerprint density at radius 1 is 1.22 bits per heavy atom. The summed E-state index contributed by atoms with van der Waals surface area (Å²) in [5.41, 5.74) is 4.31. The number of hydrogen-bond donors (Lipinski definition) is 1. The molecule has 4 heteroatoms. The fourth-order valence-corrected chi connectivity index (χ4v) is 2.83. The lowest BCUT2D eigenvalue weighted by molar-refractivity contribution is -0.114. The third-order valence-corrected chi connectivity index (χ3v) is 3.89. The molecule has 0 atom stereocenters. The Morgan fingerprint density at radius 3 is 2.74 bits per heavy atom. The van der Waals surface area contributed by atoms with Crippen LogP contribution in [0.4, 0.5) is 5.69 Å². The maximum atomic E-state index is 11.1. The first kappa shape index (κ1) is 15.4. The van der Waals surface area contributed by atoms with Crippen LogP contribution in [0.15, 0.2) is 54.7 Å². The van der Waals surface area contributed by atoms with Crippen LogP contribution >= 0.6 is 0 Å². The van der Waals surface area contributed by atoms with Crippen LogP contribution in [0.2, 0.25) is 0 Å². The van der Waals surface area contributed by atoms with Gasteiger partial charge in [0.25, 0.3) is 0 Å². The van der Waals surface area contributed by atoms with Gasteiger partial charge in [0.2, 0.25) is 5.91 Å². The molecule has 2 heterocycles. The van der Waals surface area contributed by atoms with E-state index in [2.05, 4.69) is 45.5 Å². The SMILES string of the molecule is CC(=O)Nc1ccc(C2=CCCN(Cc3ccccc3)C2)nc1. The zero-order chi connectivity index (χ0) is 16.1. The molecular weight excluding hydrogens is 286 g/mol. The minimum Gasteiger partial charge on any atom is -0.325 e. The number of nitrogens with zero attached hydrogens (tertiary/aromatic N) is 2. The quantitative estimate of drug-likeness (QED) is 0.942. The molecule has 0 spiro atoms. The van der Waals surface area contributed by atoms with Crippen LogP contribution in [0, 0.1) is 0 Å². The summed E-state index contributed by atoms with van der Waals surface area (Å²) in [7, 11) is 0. The average Bonchev–Trinajstić information content (AvgIpc) is 2.56. The first-order valence-corrected chi connectivity index (χ1v) is 7.90. The average molecular weight is 307 g/mol. The minimum absolute atomic E-state index is 0.0783. The second-order valence-corrected chi connectivity index (χ2v) is 5.83. The number of benzene rings is 1. The highest BCUT2D eigenvalue weighted by Crippen LogP contribution is 2.21. The van der Waals surface area contributed by atoms with E-state index in [0.29, 0.717) is 0 Å². The predicted octanol–water partition coefficient (Wildman–Crippen LogP) is 3.33. The molecule has 23 heavy (non-hydrogen) atoms. The van der Waals surface area contributed by atoms with Crippen LogP contribution in [0.1, 0.15) is 24.6 Å². The molecule has 1 amide bonds. The molecule has 1 aromatic carbocycles. The summed E-state index contributed by atoms with van der Waals surface area (Å²) >= 11 is 0. The van der Waals surface area contributed by atoms with Gasteiger partial charge in [-0.3, -0.25) is 14.7 Å². The molecule has 0 saturated heterocycles. The molecule has 4 nitrogen and oxygen atoms in total. The van der Waals surface area contributed by atoms with E-state index in [0.717, 1.165) is 37.4 Å². The number of rotatable bonds is 4. The first-order valence-electron chi connectivity index (χ1n) is 7.90. The van der Waals surface area contributed by atoms with Crippen LogP contribution in [0.3, 0.4) is 0 Å². The molecule has 0 radical (unpaired) electrons. The molecule has 118 valence electrons. The number of amides is 1. The van der Waals surface area contributed by atoms with Crippen LogP contribution in [-0.4, -0.2) is 28.9 Å². The molecule has 0 aliphatic carbocycles. The largest absolute Gasteiger partial charge is 0.325 e. The molecule has 1 aromatic heterocycles. The molecule has 3 rings (SSSR count). The summed E-state index contributed by atoms with van der Waals surface area (Å²) in [5.74, 6) is -0.0783. The molecule has 1 aliphatic rings. The van der Waals surface area contributed by atoms with Crippen molar-refractivity contribution in [1.82, 2.24) is 9.88 Å². The van der Waals surface area contributed by atoms with Crippen molar-refractivity contribution in [3.63, 3.8) is 0 Å². The van der Waals surface area contributed by atoms with Crippen LogP contribution in [0.25, 0.3) is 5.57 Å². The molecule has 1 N–H and O–H groups in total. The third kappa shape index (κ3) is 4.27. The molecule has 0 saturated carbocycles. The van der Waals surface area contributed by atoms with Crippen LogP contribution < -0.4 is 5.32 Å². The lowest BCUT2D eigenvalue weighted by atomic mass is 10.0. The third-order valence-electron chi connectivity index (χ3n) is 3.89. The predicted molar refractivity (Wildman–Crippen MR) is 92.9 cm³/mol. The van der Waals surface area contributed by atoms with Crippen molar-refractivity contribution in [1.29, 1.82) is 0 Å². The van der Waals surface area contributed by atoms with Gasteiger partial charge < -0.3 is 5.32 Å². The number of carbonyl (C=O) groups excluding carboxylic acids is 1. The van der Waals surface area contributed by atoms with Crippen LogP contribution in [-0.2, 0) is 11.3 Å². The first-order chi connectivity index (χ1) is 11.2. The highest BCUT2D eigenvalue weighted by atomic mass is 16.1.